The predicted octanol–water partition coefficient (Wildman–Crippen LogP) is 1.71. The second kappa shape index (κ2) is 4.96. The molecule has 0 aliphatic rings. The van der Waals surface area contributed by atoms with Crippen molar-refractivity contribution in [2.75, 3.05) is 0 Å². The number of nitrogens with zero attached hydrogens (tertiary/aromatic N) is 2. The standard InChI is InChI=1S/C11H18N2O2/c1-8(2)6-9(11(14)15)7-10-12-4-5-13(10)3/h4-5,8-9H,6-7H2,1-3H3,(H,14,15). The maximum atomic E-state index is 11.0. The van der Waals surface area contributed by atoms with Gasteiger partial charge in [0.05, 0.1) is 5.92 Å². The van der Waals surface area contributed by atoms with Gasteiger partial charge in [-0.15, -0.1) is 0 Å². The summed E-state index contributed by atoms with van der Waals surface area (Å²) >= 11 is 0. The molecule has 1 aromatic heterocycles. The smallest absolute Gasteiger partial charge is 0.306 e. The van der Waals surface area contributed by atoms with E-state index in [0.29, 0.717) is 18.8 Å². The molecule has 0 radical (unpaired) electrons. The fourth-order valence-electron chi connectivity index (χ4n) is 1.65. The molecular weight excluding hydrogens is 192 g/mol. The Morgan fingerprint density at radius 1 is 1.60 bits per heavy atom. The average molecular weight is 210 g/mol. The van der Waals surface area contributed by atoms with Crippen LogP contribution in [0.5, 0.6) is 0 Å². The number of rotatable bonds is 5. The van der Waals surface area contributed by atoms with Crippen molar-refractivity contribution in [2.24, 2.45) is 18.9 Å². The van der Waals surface area contributed by atoms with Crippen molar-refractivity contribution < 1.29 is 9.90 Å². The number of hydrogen-bond donors (Lipinski definition) is 1. The molecule has 1 aromatic rings. The summed E-state index contributed by atoms with van der Waals surface area (Å²) in [6, 6.07) is 0. The average Bonchev–Trinajstić information content (AvgIpc) is 2.50. The molecule has 15 heavy (non-hydrogen) atoms. The van der Waals surface area contributed by atoms with Crippen molar-refractivity contribution in [1.82, 2.24) is 9.55 Å². The first kappa shape index (κ1) is 11.8. The first-order valence-corrected chi connectivity index (χ1v) is 5.19. The van der Waals surface area contributed by atoms with Gasteiger partial charge in [0.1, 0.15) is 5.82 Å². The van der Waals surface area contributed by atoms with E-state index in [-0.39, 0.29) is 5.92 Å². The SMILES string of the molecule is CC(C)CC(Cc1nccn1C)C(=O)O. The van der Waals surface area contributed by atoms with Gasteiger partial charge >= 0.3 is 5.97 Å². The van der Waals surface area contributed by atoms with Crippen molar-refractivity contribution in [2.45, 2.75) is 26.7 Å². The summed E-state index contributed by atoms with van der Waals surface area (Å²) in [5.41, 5.74) is 0. The maximum Gasteiger partial charge on any atom is 0.306 e. The van der Waals surface area contributed by atoms with E-state index in [2.05, 4.69) is 4.98 Å². The number of carboxylic acids is 1. The molecule has 4 nitrogen and oxygen atoms in total. The van der Waals surface area contributed by atoms with Gasteiger partial charge in [-0.2, -0.15) is 0 Å². The largest absolute Gasteiger partial charge is 0.481 e. The number of hydrogen-bond acceptors (Lipinski definition) is 2. The van der Waals surface area contributed by atoms with Gasteiger partial charge in [-0.05, 0) is 12.3 Å². The molecule has 1 rings (SSSR count). The Balaban J connectivity index is 2.67. The predicted molar refractivity (Wildman–Crippen MR) is 57.5 cm³/mol. The zero-order chi connectivity index (χ0) is 11.4. The Bertz CT molecular complexity index is 331. The number of aliphatic carboxylic acids is 1. The summed E-state index contributed by atoms with van der Waals surface area (Å²) < 4.78 is 1.87. The number of carboxylic acid groups (broad SMARTS) is 1. The first-order valence-electron chi connectivity index (χ1n) is 5.19. The quantitative estimate of drug-likeness (QED) is 0.805. The zero-order valence-corrected chi connectivity index (χ0v) is 9.47. The first-order chi connectivity index (χ1) is 7.00. The molecule has 0 bridgehead atoms. The van der Waals surface area contributed by atoms with Gasteiger partial charge in [0.15, 0.2) is 0 Å². The second-order valence-corrected chi connectivity index (χ2v) is 4.32. The minimum atomic E-state index is -0.730. The van der Waals surface area contributed by atoms with E-state index in [1.54, 1.807) is 6.20 Å². The minimum absolute atomic E-state index is 0.328. The van der Waals surface area contributed by atoms with Crippen LogP contribution in [0.4, 0.5) is 0 Å². The molecule has 0 amide bonds. The van der Waals surface area contributed by atoms with Gasteiger partial charge in [-0.1, -0.05) is 13.8 Å². The molecule has 0 saturated carbocycles. The summed E-state index contributed by atoms with van der Waals surface area (Å²) in [6.45, 7) is 4.07. The molecular formula is C11H18N2O2. The van der Waals surface area contributed by atoms with Crippen molar-refractivity contribution in [3.8, 4) is 0 Å². The van der Waals surface area contributed by atoms with Crippen molar-refractivity contribution >= 4 is 5.97 Å². The van der Waals surface area contributed by atoms with Gasteiger partial charge in [-0.25, -0.2) is 4.98 Å². The van der Waals surface area contributed by atoms with E-state index in [4.69, 9.17) is 5.11 Å². The molecule has 0 aliphatic heterocycles. The van der Waals surface area contributed by atoms with Crippen LogP contribution in [0.2, 0.25) is 0 Å². The Hall–Kier alpha value is -1.32. The lowest BCUT2D eigenvalue weighted by Gasteiger charge is -2.14. The van der Waals surface area contributed by atoms with E-state index in [1.165, 1.54) is 0 Å². The van der Waals surface area contributed by atoms with Crippen LogP contribution in [0.1, 0.15) is 26.1 Å². The van der Waals surface area contributed by atoms with Crippen LogP contribution >= 0.6 is 0 Å². The van der Waals surface area contributed by atoms with Gasteiger partial charge in [-0.3, -0.25) is 4.79 Å². The van der Waals surface area contributed by atoms with Crippen LogP contribution in [0.25, 0.3) is 0 Å². The van der Waals surface area contributed by atoms with Crippen LogP contribution in [-0.4, -0.2) is 20.6 Å². The Kier molecular flexibility index (Phi) is 3.88. The molecule has 1 heterocycles. The summed E-state index contributed by atoms with van der Waals surface area (Å²) in [7, 11) is 1.89. The Labute approximate surface area is 89.9 Å². The van der Waals surface area contributed by atoms with Crippen LogP contribution in [-0.2, 0) is 18.3 Å². The normalized spacial score (nSPS) is 13.1. The van der Waals surface area contributed by atoms with Gasteiger partial charge in [0.2, 0.25) is 0 Å². The lowest BCUT2D eigenvalue weighted by Crippen LogP contribution is -2.20. The summed E-state index contributed by atoms with van der Waals surface area (Å²) in [6.07, 6.45) is 4.74. The number of aromatic nitrogens is 2. The molecule has 1 atom stereocenters. The number of imidazole rings is 1. The Morgan fingerprint density at radius 3 is 2.67 bits per heavy atom. The highest BCUT2D eigenvalue weighted by molar-refractivity contribution is 5.70. The molecule has 4 heteroatoms. The third-order valence-electron chi connectivity index (χ3n) is 2.46. The highest BCUT2D eigenvalue weighted by atomic mass is 16.4. The van der Waals surface area contributed by atoms with Crippen molar-refractivity contribution in [3.05, 3.63) is 18.2 Å². The topological polar surface area (TPSA) is 55.1 Å². The summed E-state index contributed by atoms with van der Waals surface area (Å²) in [4.78, 5) is 15.2. The molecule has 0 aromatic carbocycles. The van der Waals surface area contributed by atoms with Gasteiger partial charge < -0.3 is 9.67 Å². The molecule has 0 aliphatic carbocycles. The second-order valence-electron chi connectivity index (χ2n) is 4.32. The fraction of sp³-hybridized carbons (Fsp3) is 0.636. The third kappa shape index (κ3) is 3.38. The van der Waals surface area contributed by atoms with E-state index in [9.17, 15) is 4.79 Å². The maximum absolute atomic E-state index is 11.0. The van der Waals surface area contributed by atoms with Gasteiger partial charge in [0, 0.05) is 25.9 Å². The lowest BCUT2D eigenvalue weighted by molar-refractivity contribution is -0.142. The number of aryl methyl sites for hydroxylation is 1. The summed E-state index contributed by atoms with van der Waals surface area (Å²) in [5, 5.41) is 9.07. The monoisotopic (exact) mass is 210 g/mol. The van der Waals surface area contributed by atoms with Crippen molar-refractivity contribution in [1.29, 1.82) is 0 Å². The molecule has 84 valence electrons. The molecule has 1 N–H and O–H groups in total. The molecule has 0 saturated heterocycles. The zero-order valence-electron chi connectivity index (χ0n) is 9.47. The van der Waals surface area contributed by atoms with Crippen LogP contribution in [0.15, 0.2) is 12.4 Å². The Morgan fingerprint density at radius 2 is 2.27 bits per heavy atom. The third-order valence-corrected chi connectivity index (χ3v) is 2.46. The van der Waals surface area contributed by atoms with Crippen LogP contribution < -0.4 is 0 Å². The van der Waals surface area contributed by atoms with E-state index >= 15 is 0 Å². The molecule has 0 spiro atoms. The van der Waals surface area contributed by atoms with Crippen molar-refractivity contribution in [3.63, 3.8) is 0 Å². The highest BCUT2D eigenvalue weighted by Gasteiger charge is 2.20. The van der Waals surface area contributed by atoms with Crippen LogP contribution in [0, 0.1) is 11.8 Å². The highest BCUT2D eigenvalue weighted by Crippen LogP contribution is 2.16. The van der Waals surface area contributed by atoms with Crippen LogP contribution in [0.3, 0.4) is 0 Å². The van der Waals surface area contributed by atoms with E-state index in [0.717, 1.165) is 5.82 Å². The van der Waals surface area contributed by atoms with Gasteiger partial charge in [0.25, 0.3) is 0 Å². The summed E-state index contributed by atoms with van der Waals surface area (Å²) in [5.74, 6) is 0.173. The fourth-order valence-corrected chi connectivity index (χ4v) is 1.65. The molecule has 0 fully saturated rings. The lowest BCUT2D eigenvalue weighted by atomic mass is 9.94. The van der Waals surface area contributed by atoms with E-state index < -0.39 is 5.97 Å². The molecule has 1 unspecified atom stereocenters. The number of carbonyl (C=O) groups is 1. The minimum Gasteiger partial charge on any atom is -0.481 e. The van der Waals surface area contributed by atoms with E-state index in [1.807, 2.05) is 31.7 Å².